The Morgan fingerprint density at radius 1 is 0.946 bits per heavy atom. The van der Waals surface area contributed by atoms with Crippen LogP contribution in [0.5, 0.6) is 0 Å². The van der Waals surface area contributed by atoms with Gasteiger partial charge in [0.15, 0.2) is 5.78 Å². The molecule has 5 rings (SSSR count). The Morgan fingerprint density at radius 3 is 2.38 bits per heavy atom. The third-order valence-electron chi connectivity index (χ3n) is 5.62. The Labute approximate surface area is 212 Å². The van der Waals surface area contributed by atoms with Crippen molar-refractivity contribution < 1.29 is 22.8 Å². The molecule has 3 N–H and O–H groups in total. The number of fused-ring (bicyclic) bond motifs is 1. The van der Waals surface area contributed by atoms with E-state index in [0.717, 1.165) is 17.4 Å². The van der Waals surface area contributed by atoms with Crippen LogP contribution >= 0.6 is 11.3 Å². The lowest BCUT2D eigenvalue weighted by molar-refractivity contribution is -0.136. The monoisotopic (exact) mass is 518 g/mol. The first-order valence-electron chi connectivity index (χ1n) is 10.9. The summed E-state index contributed by atoms with van der Waals surface area (Å²) in [6.07, 6.45) is -1.84. The number of para-hydroxylation sites is 1. The van der Waals surface area contributed by atoms with Crippen molar-refractivity contribution in [3.8, 4) is 11.3 Å². The highest BCUT2D eigenvalue weighted by molar-refractivity contribution is 7.21. The lowest BCUT2D eigenvalue weighted by Gasteiger charge is -2.11. The Morgan fingerprint density at radius 2 is 1.68 bits per heavy atom. The van der Waals surface area contributed by atoms with E-state index in [1.165, 1.54) is 18.5 Å². The van der Waals surface area contributed by atoms with Crippen LogP contribution in [0.2, 0.25) is 0 Å². The summed E-state index contributed by atoms with van der Waals surface area (Å²) in [6, 6.07) is 19.0. The second kappa shape index (κ2) is 9.47. The fourth-order valence-corrected chi connectivity index (χ4v) is 4.90. The van der Waals surface area contributed by atoms with E-state index in [1.807, 2.05) is 0 Å². The molecule has 0 bridgehead atoms. The van der Waals surface area contributed by atoms with Crippen molar-refractivity contribution in [3.63, 3.8) is 0 Å². The molecule has 0 aliphatic carbocycles. The molecule has 0 aliphatic rings. The largest absolute Gasteiger partial charge is 0.417 e. The van der Waals surface area contributed by atoms with E-state index in [9.17, 15) is 22.8 Å². The molecule has 5 aromatic rings. The van der Waals surface area contributed by atoms with Crippen molar-refractivity contribution in [1.29, 1.82) is 0 Å². The SMILES string of the molecule is Nc1c(C(=O)Nc2ccccc2C(=O)c2ccccc2)sc2nc(-c3cccnc3)cc(C(F)(F)F)c12. The molecule has 1 amide bonds. The highest BCUT2D eigenvalue weighted by Crippen LogP contribution is 2.43. The molecule has 0 radical (unpaired) electrons. The molecular weight excluding hydrogens is 501 g/mol. The predicted octanol–water partition coefficient (Wildman–Crippen LogP) is 6.44. The zero-order valence-corrected chi connectivity index (χ0v) is 19.7. The van der Waals surface area contributed by atoms with Gasteiger partial charge >= 0.3 is 6.18 Å². The summed E-state index contributed by atoms with van der Waals surface area (Å²) in [5.74, 6) is -1.06. The van der Waals surface area contributed by atoms with Crippen molar-refractivity contribution >= 4 is 44.6 Å². The number of rotatable bonds is 5. The van der Waals surface area contributed by atoms with Crippen LogP contribution < -0.4 is 11.1 Å². The first-order valence-corrected chi connectivity index (χ1v) is 11.8. The summed E-state index contributed by atoms with van der Waals surface area (Å²) >= 11 is 0.748. The van der Waals surface area contributed by atoms with Gasteiger partial charge in [0.1, 0.15) is 9.71 Å². The van der Waals surface area contributed by atoms with Gasteiger partial charge in [-0.2, -0.15) is 13.2 Å². The molecule has 184 valence electrons. The van der Waals surface area contributed by atoms with Crippen molar-refractivity contribution in [2.45, 2.75) is 6.18 Å². The summed E-state index contributed by atoms with van der Waals surface area (Å²) in [5, 5.41) is 2.29. The van der Waals surface area contributed by atoms with E-state index in [0.29, 0.717) is 11.1 Å². The Bertz CT molecular complexity index is 1630. The summed E-state index contributed by atoms with van der Waals surface area (Å²) in [6.45, 7) is 0. The normalized spacial score (nSPS) is 11.4. The number of aromatic nitrogens is 2. The number of nitrogens with one attached hydrogen (secondary N) is 1. The molecule has 0 saturated heterocycles. The minimum Gasteiger partial charge on any atom is -0.397 e. The van der Waals surface area contributed by atoms with Gasteiger partial charge in [-0.25, -0.2) is 4.98 Å². The number of benzene rings is 2. The summed E-state index contributed by atoms with van der Waals surface area (Å²) in [4.78, 5) is 34.3. The number of anilines is 2. The van der Waals surface area contributed by atoms with Gasteiger partial charge in [-0.1, -0.05) is 42.5 Å². The number of carbonyl (C=O) groups is 2. The van der Waals surface area contributed by atoms with Crippen molar-refractivity contribution in [2.24, 2.45) is 0 Å². The minimum atomic E-state index is -4.74. The van der Waals surface area contributed by atoms with E-state index in [4.69, 9.17) is 5.73 Å². The van der Waals surface area contributed by atoms with Gasteiger partial charge in [0.25, 0.3) is 5.91 Å². The first kappa shape index (κ1) is 24.1. The van der Waals surface area contributed by atoms with E-state index in [2.05, 4.69) is 15.3 Å². The van der Waals surface area contributed by atoms with Gasteiger partial charge < -0.3 is 11.1 Å². The number of alkyl halides is 3. The maximum absolute atomic E-state index is 14.0. The zero-order chi connectivity index (χ0) is 26.2. The maximum atomic E-state index is 14.0. The third-order valence-corrected chi connectivity index (χ3v) is 6.72. The molecule has 0 atom stereocenters. The van der Waals surface area contributed by atoms with Crippen LogP contribution in [0.4, 0.5) is 24.5 Å². The lowest BCUT2D eigenvalue weighted by atomic mass is 10.0. The van der Waals surface area contributed by atoms with Gasteiger partial charge in [0.05, 0.1) is 22.6 Å². The molecule has 0 spiro atoms. The minimum absolute atomic E-state index is 0.0371. The number of nitrogen functional groups attached to an aromatic ring is 1. The van der Waals surface area contributed by atoms with Crippen LogP contribution in [0, 0.1) is 0 Å². The topological polar surface area (TPSA) is 98.0 Å². The number of nitrogens with two attached hydrogens (primary N) is 1. The fraction of sp³-hybridized carbons (Fsp3) is 0.0370. The van der Waals surface area contributed by atoms with Crippen LogP contribution in [0.1, 0.15) is 31.2 Å². The van der Waals surface area contributed by atoms with E-state index in [1.54, 1.807) is 60.7 Å². The van der Waals surface area contributed by atoms with Gasteiger partial charge in [-0.3, -0.25) is 14.6 Å². The highest BCUT2D eigenvalue weighted by Gasteiger charge is 2.36. The van der Waals surface area contributed by atoms with Crippen LogP contribution in [0.15, 0.2) is 85.2 Å². The molecule has 10 heteroatoms. The molecule has 0 unspecified atom stereocenters. The average Bonchev–Trinajstić information content (AvgIpc) is 3.25. The van der Waals surface area contributed by atoms with Crippen molar-refractivity contribution in [3.05, 3.63) is 107 Å². The summed E-state index contributed by atoms with van der Waals surface area (Å²) in [5.41, 5.74) is 6.08. The highest BCUT2D eigenvalue weighted by atomic mass is 32.1. The van der Waals surface area contributed by atoms with Crippen molar-refractivity contribution in [1.82, 2.24) is 9.97 Å². The van der Waals surface area contributed by atoms with E-state index < -0.39 is 17.6 Å². The first-order chi connectivity index (χ1) is 17.7. The summed E-state index contributed by atoms with van der Waals surface area (Å²) in [7, 11) is 0. The number of amides is 1. The predicted molar refractivity (Wildman–Crippen MR) is 137 cm³/mol. The molecular formula is C27H17F3N4O2S. The van der Waals surface area contributed by atoms with Gasteiger partial charge in [-0.05, 0) is 30.3 Å². The van der Waals surface area contributed by atoms with Crippen LogP contribution in [-0.4, -0.2) is 21.7 Å². The number of hydrogen-bond donors (Lipinski definition) is 2. The number of carbonyl (C=O) groups excluding carboxylic acids is 2. The smallest absolute Gasteiger partial charge is 0.397 e. The maximum Gasteiger partial charge on any atom is 0.417 e. The Hall–Kier alpha value is -4.57. The number of pyridine rings is 2. The molecule has 0 fully saturated rings. The molecule has 3 aromatic heterocycles. The Kier molecular flexibility index (Phi) is 6.18. The second-order valence-corrected chi connectivity index (χ2v) is 9.01. The van der Waals surface area contributed by atoms with Gasteiger partial charge in [-0.15, -0.1) is 11.3 Å². The fourth-order valence-electron chi connectivity index (χ4n) is 3.89. The van der Waals surface area contributed by atoms with Crippen LogP contribution in [0.25, 0.3) is 21.5 Å². The van der Waals surface area contributed by atoms with Crippen molar-refractivity contribution in [2.75, 3.05) is 11.1 Å². The van der Waals surface area contributed by atoms with Gasteiger partial charge in [0, 0.05) is 34.5 Å². The van der Waals surface area contributed by atoms with E-state index >= 15 is 0 Å². The molecule has 3 heterocycles. The summed E-state index contributed by atoms with van der Waals surface area (Å²) < 4.78 is 42.1. The lowest BCUT2D eigenvalue weighted by Crippen LogP contribution is -2.15. The number of thiophene rings is 1. The Balaban J connectivity index is 1.57. The van der Waals surface area contributed by atoms with Gasteiger partial charge in [0.2, 0.25) is 0 Å². The third kappa shape index (κ3) is 4.66. The molecule has 0 aliphatic heterocycles. The van der Waals surface area contributed by atoms with Crippen LogP contribution in [-0.2, 0) is 6.18 Å². The molecule has 2 aromatic carbocycles. The quantitative estimate of drug-likeness (QED) is 0.261. The number of halogens is 3. The average molecular weight is 519 g/mol. The number of nitrogens with zero attached hydrogens (tertiary/aromatic N) is 2. The molecule has 37 heavy (non-hydrogen) atoms. The van der Waals surface area contributed by atoms with E-state index in [-0.39, 0.29) is 43.5 Å². The second-order valence-electron chi connectivity index (χ2n) is 8.01. The zero-order valence-electron chi connectivity index (χ0n) is 18.9. The number of hydrogen-bond acceptors (Lipinski definition) is 6. The molecule has 6 nitrogen and oxygen atoms in total. The van der Waals surface area contributed by atoms with Crippen LogP contribution in [0.3, 0.4) is 0 Å². The standard InChI is InChI=1S/C27H17F3N4O2S/c28-27(29,30)18-13-20(16-9-6-12-32-14-16)34-26-21(18)22(31)24(37-26)25(36)33-19-11-5-4-10-17(19)23(35)15-7-2-1-3-8-15/h1-14H,31H2,(H,33,36). The molecule has 0 saturated carbocycles. The number of ketones is 1.